The monoisotopic (exact) mass is 408 g/mol. The van der Waals surface area contributed by atoms with E-state index in [-0.39, 0.29) is 34.9 Å². The maximum absolute atomic E-state index is 12.6. The summed E-state index contributed by atoms with van der Waals surface area (Å²) in [4.78, 5) is 26.6. The molecule has 0 bridgehead atoms. The number of hydrogen-bond donors (Lipinski definition) is 3. The van der Waals surface area contributed by atoms with Gasteiger partial charge in [0, 0.05) is 36.3 Å². The van der Waals surface area contributed by atoms with E-state index in [1.54, 1.807) is 23.1 Å². The average Bonchev–Trinajstić information content (AvgIpc) is 2.63. The van der Waals surface area contributed by atoms with Gasteiger partial charge >= 0.3 is 0 Å². The van der Waals surface area contributed by atoms with Crippen molar-refractivity contribution in [2.75, 3.05) is 13.1 Å². The molecule has 0 spiro atoms. The molecule has 2 aromatic carbocycles. The number of piperidine rings is 1. The molecule has 0 aromatic heterocycles. The van der Waals surface area contributed by atoms with Crippen molar-refractivity contribution < 1.29 is 19.8 Å². The van der Waals surface area contributed by atoms with Gasteiger partial charge in [0.1, 0.15) is 11.5 Å². The molecule has 1 heterocycles. The highest BCUT2D eigenvalue weighted by Gasteiger charge is 2.25. The Hall–Kier alpha value is -2.44. The minimum Gasteiger partial charge on any atom is -0.508 e. The first-order valence-electron chi connectivity index (χ1n) is 8.41. The molecule has 8 heteroatoms. The van der Waals surface area contributed by atoms with Crippen LogP contribution in [0.4, 0.5) is 0 Å². The molecular weight excluding hydrogens is 391 g/mol. The molecular formula is C19H18Cl2N2O4. The van der Waals surface area contributed by atoms with Gasteiger partial charge in [-0.2, -0.15) is 0 Å². The molecule has 6 nitrogen and oxygen atoms in total. The normalized spacial score (nSPS) is 14.8. The molecule has 1 fully saturated rings. The Morgan fingerprint density at radius 2 is 1.56 bits per heavy atom. The van der Waals surface area contributed by atoms with Gasteiger partial charge in [-0.25, -0.2) is 0 Å². The summed E-state index contributed by atoms with van der Waals surface area (Å²) < 4.78 is 0. The second-order valence-electron chi connectivity index (χ2n) is 6.41. The predicted octanol–water partition coefficient (Wildman–Crippen LogP) is 3.44. The first-order chi connectivity index (χ1) is 12.8. The molecule has 1 aliphatic rings. The third-order valence-electron chi connectivity index (χ3n) is 4.45. The maximum Gasteiger partial charge on any atom is 0.253 e. The highest BCUT2D eigenvalue weighted by atomic mass is 35.5. The predicted molar refractivity (Wildman–Crippen MR) is 103 cm³/mol. The van der Waals surface area contributed by atoms with Crippen LogP contribution in [0, 0.1) is 0 Å². The zero-order valence-electron chi connectivity index (χ0n) is 14.3. The lowest BCUT2D eigenvalue weighted by atomic mass is 10.0. The zero-order chi connectivity index (χ0) is 19.6. The van der Waals surface area contributed by atoms with Crippen LogP contribution in [0.25, 0.3) is 0 Å². The standard InChI is InChI=1S/C19H18Cl2N2O4/c20-16-2-1-11(9-17(16)21)19(27)23-5-3-13(4-6-23)22-18(26)12-7-14(24)10-15(25)8-12/h1-2,7-10,13,24-25H,3-6H2,(H,22,26). The number of aromatic hydroxyl groups is 2. The molecule has 142 valence electrons. The third kappa shape index (κ3) is 4.64. The van der Waals surface area contributed by atoms with E-state index < -0.39 is 0 Å². The number of hydrogen-bond acceptors (Lipinski definition) is 4. The van der Waals surface area contributed by atoms with E-state index in [4.69, 9.17) is 23.2 Å². The van der Waals surface area contributed by atoms with E-state index in [1.165, 1.54) is 12.1 Å². The molecule has 0 atom stereocenters. The molecule has 0 unspecified atom stereocenters. The van der Waals surface area contributed by atoms with Gasteiger partial charge in [0.15, 0.2) is 0 Å². The van der Waals surface area contributed by atoms with Crippen molar-refractivity contribution in [3.8, 4) is 11.5 Å². The summed E-state index contributed by atoms with van der Waals surface area (Å²) in [6, 6.07) is 8.42. The number of likely N-dealkylation sites (tertiary alicyclic amines) is 1. The van der Waals surface area contributed by atoms with Crippen molar-refractivity contribution in [1.82, 2.24) is 10.2 Å². The van der Waals surface area contributed by atoms with E-state index in [2.05, 4.69) is 5.32 Å². The minimum atomic E-state index is -0.379. The van der Waals surface area contributed by atoms with Crippen LogP contribution >= 0.6 is 23.2 Å². The van der Waals surface area contributed by atoms with Crippen LogP contribution < -0.4 is 5.32 Å². The Bertz CT molecular complexity index is 860. The molecule has 2 amide bonds. The van der Waals surface area contributed by atoms with Crippen LogP contribution in [0.3, 0.4) is 0 Å². The molecule has 27 heavy (non-hydrogen) atoms. The molecule has 0 radical (unpaired) electrons. The molecule has 3 N–H and O–H groups in total. The number of amides is 2. The number of phenolic OH excluding ortho intramolecular Hbond substituents is 2. The molecule has 1 aliphatic heterocycles. The van der Waals surface area contributed by atoms with Crippen molar-refractivity contribution in [2.45, 2.75) is 18.9 Å². The third-order valence-corrected chi connectivity index (χ3v) is 5.19. The van der Waals surface area contributed by atoms with Gasteiger partial charge in [0.25, 0.3) is 11.8 Å². The molecule has 3 rings (SSSR count). The number of benzene rings is 2. The van der Waals surface area contributed by atoms with Crippen LogP contribution in [0.15, 0.2) is 36.4 Å². The molecule has 1 saturated heterocycles. The topological polar surface area (TPSA) is 89.9 Å². The van der Waals surface area contributed by atoms with Gasteiger partial charge in [0.05, 0.1) is 10.0 Å². The van der Waals surface area contributed by atoms with Crippen LogP contribution in [0.1, 0.15) is 33.6 Å². The first kappa shape index (κ1) is 19.3. The fraction of sp³-hybridized carbons (Fsp3) is 0.263. The SMILES string of the molecule is O=C(NC1CCN(C(=O)c2ccc(Cl)c(Cl)c2)CC1)c1cc(O)cc(O)c1. The Balaban J connectivity index is 1.57. The quantitative estimate of drug-likeness (QED) is 0.725. The lowest BCUT2D eigenvalue weighted by molar-refractivity contribution is 0.0698. The summed E-state index contributed by atoms with van der Waals surface area (Å²) >= 11 is 11.9. The second kappa shape index (κ2) is 8.06. The zero-order valence-corrected chi connectivity index (χ0v) is 15.8. The van der Waals surface area contributed by atoms with Gasteiger partial charge < -0.3 is 20.4 Å². The van der Waals surface area contributed by atoms with Crippen LogP contribution in [0.2, 0.25) is 10.0 Å². The number of nitrogens with zero attached hydrogens (tertiary/aromatic N) is 1. The Labute approximate surface area is 166 Å². The number of halogens is 2. The fourth-order valence-corrected chi connectivity index (χ4v) is 3.33. The van der Waals surface area contributed by atoms with Crippen LogP contribution in [-0.4, -0.2) is 46.1 Å². The molecule has 2 aromatic rings. The van der Waals surface area contributed by atoms with E-state index in [0.717, 1.165) is 6.07 Å². The van der Waals surface area contributed by atoms with Gasteiger partial charge in [-0.05, 0) is 43.2 Å². The van der Waals surface area contributed by atoms with Crippen molar-refractivity contribution in [1.29, 1.82) is 0 Å². The molecule has 0 aliphatic carbocycles. The lowest BCUT2D eigenvalue weighted by Gasteiger charge is -2.32. The van der Waals surface area contributed by atoms with Crippen molar-refractivity contribution in [3.63, 3.8) is 0 Å². The number of nitrogens with one attached hydrogen (secondary N) is 1. The maximum atomic E-state index is 12.6. The van der Waals surface area contributed by atoms with Crippen molar-refractivity contribution in [2.24, 2.45) is 0 Å². The summed E-state index contributed by atoms with van der Waals surface area (Å²) in [5.41, 5.74) is 0.656. The summed E-state index contributed by atoms with van der Waals surface area (Å²) in [7, 11) is 0. The highest BCUT2D eigenvalue weighted by Crippen LogP contribution is 2.24. The average molecular weight is 409 g/mol. The van der Waals surface area contributed by atoms with E-state index >= 15 is 0 Å². The number of rotatable bonds is 3. The molecule has 0 saturated carbocycles. The summed E-state index contributed by atoms with van der Waals surface area (Å²) in [6.07, 6.45) is 1.20. The lowest BCUT2D eigenvalue weighted by Crippen LogP contribution is -2.46. The summed E-state index contributed by atoms with van der Waals surface area (Å²) in [5.74, 6) is -0.865. The van der Waals surface area contributed by atoms with Gasteiger partial charge in [0.2, 0.25) is 0 Å². The Kier molecular flexibility index (Phi) is 5.77. The highest BCUT2D eigenvalue weighted by molar-refractivity contribution is 6.42. The fourth-order valence-electron chi connectivity index (χ4n) is 3.03. The van der Waals surface area contributed by atoms with E-state index in [0.29, 0.717) is 41.5 Å². The summed E-state index contributed by atoms with van der Waals surface area (Å²) in [5, 5.41) is 22.6. The Morgan fingerprint density at radius 3 is 2.15 bits per heavy atom. The van der Waals surface area contributed by atoms with Gasteiger partial charge in [-0.1, -0.05) is 23.2 Å². The van der Waals surface area contributed by atoms with Gasteiger partial charge in [-0.3, -0.25) is 9.59 Å². The Morgan fingerprint density at radius 1 is 0.926 bits per heavy atom. The van der Waals surface area contributed by atoms with E-state index in [1.807, 2.05) is 0 Å². The van der Waals surface area contributed by atoms with Crippen molar-refractivity contribution >= 4 is 35.0 Å². The number of carbonyl (C=O) groups is 2. The largest absolute Gasteiger partial charge is 0.508 e. The second-order valence-corrected chi connectivity index (χ2v) is 7.22. The number of carbonyl (C=O) groups excluding carboxylic acids is 2. The van der Waals surface area contributed by atoms with Crippen molar-refractivity contribution in [3.05, 3.63) is 57.6 Å². The summed E-state index contributed by atoms with van der Waals surface area (Å²) in [6.45, 7) is 0.991. The number of phenols is 2. The van der Waals surface area contributed by atoms with Crippen LogP contribution in [0.5, 0.6) is 11.5 Å². The van der Waals surface area contributed by atoms with Crippen LogP contribution in [-0.2, 0) is 0 Å². The van der Waals surface area contributed by atoms with E-state index in [9.17, 15) is 19.8 Å². The minimum absolute atomic E-state index is 0.0974. The van der Waals surface area contributed by atoms with Gasteiger partial charge in [-0.15, -0.1) is 0 Å². The smallest absolute Gasteiger partial charge is 0.253 e. The first-order valence-corrected chi connectivity index (χ1v) is 9.17.